The lowest BCUT2D eigenvalue weighted by atomic mass is 9.91. The number of azide groups is 1. The molecule has 2 aromatic carbocycles. The summed E-state index contributed by atoms with van der Waals surface area (Å²) in [6, 6.07) is 15.6. The Morgan fingerprint density at radius 1 is 1.12 bits per heavy atom. The van der Waals surface area contributed by atoms with Crippen LogP contribution >= 0.6 is 0 Å². The van der Waals surface area contributed by atoms with Crippen molar-refractivity contribution in [3.8, 4) is 5.75 Å². The number of hydrogen-bond acceptors (Lipinski definition) is 7. The van der Waals surface area contributed by atoms with Gasteiger partial charge in [-0.1, -0.05) is 41.5 Å². The Labute approximate surface area is 190 Å². The van der Waals surface area contributed by atoms with Crippen molar-refractivity contribution in [2.45, 2.75) is 43.9 Å². The predicted octanol–water partition coefficient (Wildman–Crippen LogP) is 3.93. The highest BCUT2D eigenvalue weighted by Gasteiger charge is 2.53. The largest absolute Gasteiger partial charge is 0.455 e. The first kappa shape index (κ1) is 22.6. The number of nitrogens with zero attached hydrogens (tertiary/aromatic N) is 4. The molecule has 33 heavy (non-hydrogen) atoms. The van der Waals surface area contributed by atoms with E-state index in [4.69, 9.17) is 24.5 Å². The maximum Gasteiger partial charge on any atom is 0.415 e. The molecule has 2 fully saturated rings. The summed E-state index contributed by atoms with van der Waals surface area (Å²) in [5.74, 6) is -1.20. The van der Waals surface area contributed by atoms with E-state index in [1.165, 1.54) is 4.90 Å². The summed E-state index contributed by atoms with van der Waals surface area (Å²) in [7, 11) is 0. The summed E-state index contributed by atoms with van der Waals surface area (Å²) in [5, 5.41) is 3.82. The van der Waals surface area contributed by atoms with E-state index in [0.717, 1.165) is 0 Å². The fraction of sp³-hybridized carbons (Fsp3) is 0.391. The van der Waals surface area contributed by atoms with Crippen LogP contribution in [0.15, 0.2) is 65.8 Å². The van der Waals surface area contributed by atoms with Crippen LogP contribution in [0.5, 0.6) is 5.75 Å². The van der Waals surface area contributed by atoms with Crippen molar-refractivity contribution in [2.24, 2.45) is 5.11 Å². The molecule has 2 aliphatic heterocycles. The van der Waals surface area contributed by atoms with Crippen molar-refractivity contribution in [1.29, 1.82) is 0 Å². The molecular formula is C23H24N4O6. The van der Waals surface area contributed by atoms with Crippen LogP contribution in [-0.4, -0.2) is 60.2 Å². The normalized spacial score (nSPS) is 25.8. The van der Waals surface area contributed by atoms with Gasteiger partial charge in [0, 0.05) is 11.5 Å². The van der Waals surface area contributed by atoms with Gasteiger partial charge in [0.1, 0.15) is 18.0 Å². The molecule has 4 atom stereocenters. The molecule has 0 saturated carbocycles. The van der Waals surface area contributed by atoms with E-state index in [1.54, 1.807) is 68.4 Å². The van der Waals surface area contributed by atoms with Gasteiger partial charge in [-0.3, -0.25) is 4.90 Å². The van der Waals surface area contributed by atoms with Gasteiger partial charge < -0.3 is 18.9 Å². The lowest BCUT2D eigenvalue weighted by Gasteiger charge is -2.51. The number of fused-ring (bicyclic) bond motifs is 1. The maximum absolute atomic E-state index is 13.0. The predicted molar refractivity (Wildman–Crippen MR) is 116 cm³/mol. The fourth-order valence-corrected chi connectivity index (χ4v) is 3.97. The fourth-order valence-electron chi connectivity index (χ4n) is 3.97. The molecule has 2 aromatic rings. The maximum atomic E-state index is 13.0. The zero-order valence-corrected chi connectivity index (χ0v) is 18.2. The molecule has 0 unspecified atom stereocenters. The third kappa shape index (κ3) is 5.09. The quantitative estimate of drug-likeness (QED) is 0.300. The van der Waals surface area contributed by atoms with E-state index in [9.17, 15) is 9.59 Å². The molecule has 0 aromatic heterocycles. The Bertz CT molecular complexity index is 1040. The second kappa shape index (κ2) is 9.50. The molecule has 0 aliphatic carbocycles. The second-order valence-electron chi connectivity index (χ2n) is 8.20. The van der Waals surface area contributed by atoms with E-state index in [0.29, 0.717) is 11.3 Å². The van der Waals surface area contributed by atoms with Crippen molar-refractivity contribution in [3.05, 3.63) is 76.7 Å². The van der Waals surface area contributed by atoms with Gasteiger partial charge in [0.05, 0.1) is 24.3 Å². The molecule has 0 bridgehead atoms. The van der Waals surface area contributed by atoms with E-state index in [-0.39, 0.29) is 13.2 Å². The van der Waals surface area contributed by atoms with Crippen molar-refractivity contribution in [2.75, 3.05) is 13.2 Å². The Hall–Kier alpha value is -3.59. The van der Waals surface area contributed by atoms with Crippen molar-refractivity contribution >= 4 is 12.1 Å². The van der Waals surface area contributed by atoms with Crippen LogP contribution in [0.3, 0.4) is 0 Å². The summed E-state index contributed by atoms with van der Waals surface area (Å²) in [4.78, 5) is 30.2. The van der Waals surface area contributed by atoms with Gasteiger partial charge in [0.25, 0.3) is 0 Å². The van der Waals surface area contributed by atoms with E-state index in [1.807, 2.05) is 6.07 Å². The number of rotatable bonds is 4. The SMILES string of the molecule is CC1(C)OC[C@@H]2[C@@H](O1)[C@H](OC(=O)c1ccccc1)[C@@H](N=[N+]=[N-])CN2C(=O)Oc1ccccc1. The first-order valence-corrected chi connectivity index (χ1v) is 10.5. The van der Waals surface area contributed by atoms with Gasteiger partial charge in [0.2, 0.25) is 0 Å². The summed E-state index contributed by atoms with van der Waals surface area (Å²) in [5.41, 5.74) is 9.52. The standard InChI is InChI=1S/C23H24N4O6/c1-23(2)30-14-18-20(33-23)19(32-21(28)15-9-5-3-6-10-15)17(25-26-24)13-27(18)22(29)31-16-11-7-4-8-12-16/h3-12,17-20H,13-14H2,1-2H3/t17-,18+,19+,20+/m0/s1. The number of para-hydroxylation sites is 1. The molecule has 10 heteroatoms. The number of amides is 1. The second-order valence-corrected chi connectivity index (χ2v) is 8.20. The molecule has 2 heterocycles. The van der Waals surface area contributed by atoms with E-state index in [2.05, 4.69) is 10.0 Å². The minimum Gasteiger partial charge on any atom is -0.455 e. The Morgan fingerprint density at radius 3 is 2.45 bits per heavy atom. The molecular weight excluding hydrogens is 428 g/mol. The molecule has 172 valence electrons. The number of benzene rings is 2. The minimum absolute atomic E-state index is 0.0310. The summed E-state index contributed by atoms with van der Waals surface area (Å²) in [6.07, 6.45) is -2.37. The van der Waals surface area contributed by atoms with Gasteiger partial charge in [-0.25, -0.2) is 9.59 Å². The molecule has 1 amide bonds. The van der Waals surface area contributed by atoms with Crippen LogP contribution in [-0.2, 0) is 14.2 Å². The molecule has 2 aliphatic rings. The summed E-state index contributed by atoms with van der Waals surface area (Å²) in [6.45, 7) is 3.55. The smallest absolute Gasteiger partial charge is 0.415 e. The van der Waals surface area contributed by atoms with Gasteiger partial charge in [-0.2, -0.15) is 0 Å². The zero-order valence-electron chi connectivity index (χ0n) is 18.2. The lowest BCUT2D eigenvalue weighted by Crippen LogP contribution is -2.69. The van der Waals surface area contributed by atoms with E-state index >= 15 is 0 Å². The monoisotopic (exact) mass is 452 g/mol. The van der Waals surface area contributed by atoms with Crippen LogP contribution in [0.1, 0.15) is 24.2 Å². The number of carbonyl (C=O) groups is 2. The molecule has 0 N–H and O–H groups in total. The molecule has 4 rings (SSSR count). The molecule has 2 saturated heterocycles. The number of carbonyl (C=O) groups excluding carboxylic acids is 2. The highest BCUT2D eigenvalue weighted by Crippen LogP contribution is 2.35. The highest BCUT2D eigenvalue weighted by atomic mass is 16.7. The summed E-state index contributed by atoms with van der Waals surface area (Å²) < 4.78 is 23.2. The first-order valence-electron chi connectivity index (χ1n) is 10.5. The van der Waals surface area contributed by atoms with Crippen LogP contribution in [0.4, 0.5) is 4.79 Å². The topological polar surface area (TPSA) is 123 Å². The molecule has 0 spiro atoms. The average molecular weight is 452 g/mol. The third-order valence-electron chi connectivity index (χ3n) is 5.52. The van der Waals surface area contributed by atoms with Gasteiger partial charge >= 0.3 is 12.1 Å². The Morgan fingerprint density at radius 2 is 1.79 bits per heavy atom. The van der Waals surface area contributed by atoms with Crippen molar-refractivity contribution in [3.63, 3.8) is 0 Å². The Kier molecular flexibility index (Phi) is 6.50. The zero-order chi connectivity index (χ0) is 23.4. The molecule has 10 nitrogen and oxygen atoms in total. The van der Waals surface area contributed by atoms with Crippen LogP contribution < -0.4 is 4.74 Å². The summed E-state index contributed by atoms with van der Waals surface area (Å²) >= 11 is 0. The molecule has 0 radical (unpaired) electrons. The van der Waals surface area contributed by atoms with Crippen LogP contribution in [0.25, 0.3) is 10.4 Å². The average Bonchev–Trinajstić information content (AvgIpc) is 2.81. The van der Waals surface area contributed by atoms with Crippen molar-refractivity contribution in [1.82, 2.24) is 4.90 Å². The number of esters is 1. The number of ether oxygens (including phenoxy) is 4. The van der Waals surface area contributed by atoms with Gasteiger partial charge in [-0.05, 0) is 43.6 Å². The van der Waals surface area contributed by atoms with Crippen LogP contribution in [0.2, 0.25) is 0 Å². The lowest BCUT2D eigenvalue weighted by molar-refractivity contribution is -0.314. The van der Waals surface area contributed by atoms with Crippen LogP contribution in [0, 0.1) is 0 Å². The number of likely N-dealkylation sites (tertiary alicyclic amines) is 1. The van der Waals surface area contributed by atoms with Gasteiger partial charge in [-0.15, -0.1) is 0 Å². The number of piperidine rings is 1. The minimum atomic E-state index is -0.994. The Balaban J connectivity index is 1.62. The van der Waals surface area contributed by atoms with E-state index < -0.39 is 42.1 Å². The first-order chi connectivity index (χ1) is 15.9. The highest BCUT2D eigenvalue weighted by molar-refractivity contribution is 5.89. The van der Waals surface area contributed by atoms with Gasteiger partial charge in [0.15, 0.2) is 5.79 Å². The van der Waals surface area contributed by atoms with Crippen molar-refractivity contribution < 1.29 is 28.5 Å². The number of hydrogen-bond donors (Lipinski definition) is 0. The third-order valence-corrected chi connectivity index (χ3v) is 5.52.